The molecule has 0 aliphatic carbocycles. The van der Waals surface area contributed by atoms with Gasteiger partial charge in [0.1, 0.15) is 24.4 Å². The molecule has 0 amide bonds. The topological polar surface area (TPSA) is 92.4 Å². The third-order valence-corrected chi connectivity index (χ3v) is 7.32. The zero-order valence-corrected chi connectivity index (χ0v) is 23.7. The van der Waals surface area contributed by atoms with E-state index in [1.165, 1.54) is 0 Å². The minimum Gasteiger partial charge on any atom is -0.374 e. The SMILES string of the molecule is NC[C@]1(O)O[C@H](COCc2ccccc2)[C@@H](OCc2ccccc2)[C@H](OCc2ccccc2)[C@H]1OCc1ccccc1. The highest BCUT2D eigenvalue weighted by Gasteiger charge is 2.55. The Morgan fingerprint density at radius 3 is 1.43 bits per heavy atom. The molecule has 3 N–H and O–H groups in total. The van der Waals surface area contributed by atoms with Gasteiger partial charge in [-0.25, -0.2) is 0 Å². The fourth-order valence-corrected chi connectivity index (χ4v) is 5.10. The second-order valence-corrected chi connectivity index (χ2v) is 10.4. The van der Waals surface area contributed by atoms with Crippen molar-refractivity contribution in [3.63, 3.8) is 0 Å². The summed E-state index contributed by atoms with van der Waals surface area (Å²) in [5.74, 6) is -1.83. The molecule has 1 aliphatic rings. The van der Waals surface area contributed by atoms with Gasteiger partial charge in [0.15, 0.2) is 0 Å². The maximum absolute atomic E-state index is 11.8. The fraction of sp³-hybridized carbons (Fsp3) is 0.314. The Bertz CT molecular complexity index is 1310. The highest BCUT2D eigenvalue weighted by Crippen LogP contribution is 2.35. The van der Waals surface area contributed by atoms with Crippen LogP contribution in [0.3, 0.4) is 0 Å². The fourth-order valence-electron chi connectivity index (χ4n) is 5.10. The molecule has 5 rings (SSSR count). The minimum atomic E-state index is -1.83. The highest BCUT2D eigenvalue weighted by atomic mass is 16.7. The van der Waals surface area contributed by atoms with E-state index in [-0.39, 0.29) is 19.8 Å². The van der Waals surface area contributed by atoms with E-state index in [0.29, 0.717) is 19.8 Å². The van der Waals surface area contributed by atoms with E-state index in [9.17, 15) is 5.11 Å². The number of nitrogens with two attached hydrogens (primary N) is 1. The van der Waals surface area contributed by atoms with Crippen molar-refractivity contribution in [1.29, 1.82) is 0 Å². The van der Waals surface area contributed by atoms with Crippen molar-refractivity contribution in [2.75, 3.05) is 13.2 Å². The molecule has 0 aromatic heterocycles. The van der Waals surface area contributed by atoms with Gasteiger partial charge < -0.3 is 34.5 Å². The van der Waals surface area contributed by atoms with Crippen molar-refractivity contribution in [3.8, 4) is 0 Å². The third-order valence-electron chi connectivity index (χ3n) is 7.32. The normalized spacial score (nSPS) is 24.0. The Labute approximate surface area is 247 Å². The number of aliphatic hydroxyl groups is 1. The Hall–Kier alpha value is -3.40. The summed E-state index contributed by atoms with van der Waals surface area (Å²) in [5, 5.41) is 11.8. The minimum absolute atomic E-state index is 0.160. The summed E-state index contributed by atoms with van der Waals surface area (Å²) in [6.45, 7) is 1.20. The van der Waals surface area contributed by atoms with Crippen LogP contribution in [0, 0.1) is 0 Å². The van der Waals surface area contributed by atoms with Crippen LogP contribution in [-0.4, -0.2) is 48.5 Å². The predicted molar refractivity (Wildman–Crippen MR) is 160 cm³/mol. The maximum atomic E-state index is 11.8. The van der Waals surface area contributed by atoms with E-state index >= 15 is 0 Å². The molecule has 220 valence electrons. The molecular weight excluding hydrogens is 530 g/mol. The monoisotopic (exact) mass is 569 g/mol. The van der Waals surface area contributed by atoms with Gasteiger partial charge in [0, 0.05) is 6.54 Å². The van der Waals surface area contributed by atoms with Gasteiger partial charge in [-0.3, -0.25) is 0 Å². The number of hydrogen-bond acceptors (Lipinski definition) is 7. The Kier molecular flexibility index (Phi) is 10.9. The zero-order chi connectivity index (χ0) is 29.0. The van der Waals surface area contributed by atoms with Gasteiger partial charge in [0.05, 0.1) is 33.0 Å². The molecule has 4 aromatic rings. The van der Waals surface area contributed by atoms with E-state index in [1.807, 2.05) is 121 Å². The van der Waals surface area contributed by atoms with Crippen LogP contribution in [0.15, 0.2) is 121 Å². The molecule has 1 aliphatic heterocycles. The molecule has 0 saturated carbocycles. The van der Waals surface area contributed by atoms with Crippen molar-refractivity contribution in [2.45, 2.75) is 56.6 Å². The van der Waals surface area contributed by atoms with Gasteiger partial charge in [0.2, 0.25) is 5.79 Å². The largest absolute Gasteiger partial charge is 0.374 e. The Balaban J connectivity index is 1.42. The first-order chi connectivity index (χ1) is 20.6. The summed E-state index contributed by atoms with van der Waals surface area (Å²) < 4.78 is 31.9. The van der Waals surface area contributed by atoms with E-state index in [2.05, 4.69) is 0 Å². The van der Waals surface area contributed by atoms with Crippen molar-refractivity contribution in [3.05, 3.63) is 144 Å². The predicted octanol–water partition coefficient (Wildman–Crippen LogP) is 5.01. The standard InChI is InChI=1S/C35H39NO6/c36-26-35(37)34(41-24-30-19-11-4-12-20-30)33(40-23-29-17-9-3-10-18-29)32(39-22-28-15-7-2-8-16-28)31(42-35)25-38-21-27-13-5-1-6-14-27/h1-20,31-34,37H,21-26,36H2/t31-,32-,33+,34-,35+/m1/s1. The first-order valence-electron chi connectivity index (χ1n) is 14.3. The van der Waals surface area contributed by atoms with Gasteiger partial charge >= 0.3 is 0 Å². The van der Waals surface area contributed by atoms with Crippen LogP contribution >= 0.6 is 0 Å². The molecule has 7 heteroatoms. The van der Waals surface area contributed by atoms with Crippen molar-refractivity contribution in [1.82, 2.24) is 0 Å². The molecular formula is C35H39NO6. The van der Waals surface area contributed by atoms with Crippen molar-refractivity contribution < 1.29 is 28.8 Å². The summed E-state index contributed by atoms with van der Waals surface area (Å²) >= 11 is 0. The van der Waals surface area contributed by atoms with Crippen LogP contribution in [0.2, 0.25) is 0 Å². The van der Waals surface area contributed by atoms with Crippen LogP contribution in [0.5, 0.6) is 0 Å². The number of benzene rings is 4. The average molecular weight is 570 g/mol. The molecule has 1 saturated heterocycles. The first-order valence-corrected chi connectivity index (χ1v) is 14.3. The average Bonchev–Trinajstić information content (AvgIpc) is 3.05. The number of rotatable bonds is 14. The summed E-state index contributed by atoms with van der Waals surface area (Å²) in [6, 6.07) is 39.5. The molecule has 42 heavy (non-hydrogen) atoms. The van der Waals surface area contributed by atoms with Crippen LogP contribution in [0.1, 0.15) is 22.3 Å². The molecule has 5 atom stereocenters. The summed E-state index contributed by atoms with van der Waals surface area (Å²) in [4.78, 5) is 0. The van der Waals surface area contributed by atoms with Crippen molar-refractivity contribution >= 4 is 0 Å². The second-order valence-electron chi connectivity index (χ2n) is 10.4. The number of hydrogen-bond donors (Lipinski definition) is 2. The lowest BCUT2D eigenvalue weighted by atomic mass is 9.91. The Morgan fingerprint density at radius 1 is 0.571 bits per heavy atom. The van der Waals surface area contributed by atoms with Crippen molar-refractivity contribution in [2.24, 2.45) is 5.73 Å². The lowest BCUT2D eigenvalue weighted by molar-refractivity contribution is -0.366. The van der Waals surface area contributed by atoms with Gasteiger partial charge in [-0.15, -0.1) is 0 Å². The first kappa shape index (κ1) is 30.1. The van der Waals surface area contributed by atoms with Gasteiger partial charge in [-0.2, -0.15) is 0 Å². The van der Waals surface area contributed by atoms with E-state index < -0.39 is 30.2 Å². The quantitative estimate of drug-likeness (QED) is 0.221. The maximum Gasteiger partial charge on any atom is 0.208 e. The molecule has 1 fully saturated rings. The van der Waals surface area contributed by atoms with Gasteiger partial charge in [0.25, 0.3) is 0 Å². The molecule has 0 spiro atoms. The third kappa shape index (κ3) is 8.12. The van der Waals surface area contributed by atoms with Gasteiger partial charge in [-0.1, -0.05) is 121 Å². The molecule has 0 bridgehead atoms. The van der Waals surface area contributed by atoms with E-state index in [4.69, 9.17) is 29.4 Å². The molecule has 4 aromatic carbocycles. The van der Waals surface area contributed by atoms with Gasteiger partial charge in [-0.05, 0) is 22.3 Å². The smallest absolute Gasteiger partial charge is 0.208 e. The Morgan fingerprint density at radius 2 is 0.976 bits per heavy atom. The van der Waals surface area contributed by atoms with E-state index in [0.717, 1.165) is 22.3 Å². The van der Waals surface area contributed by atoms with Crippen LogP contribution < -0.4 is 5.73 Å². The van der Waals surface area contributed by atoms with Crippen LogP contribution in [-0.2, 0) is 50.1 Å². The van der Waals surface area contributed by atoms with Crippen LogP contribution in [0.4, 0.5) is 0 Å². The second kappa shape index (κ2) is 15.2. The van der Waals surface area contributed by atoms with Crippen LogP contribution in [0.25, 0.3) is 0 Å². The highest BCUT2D eigenvalue weighted by molar-refractivity contribution is 5.16. The van der Waals surface area contributed by atoms with E-state index in [1.54, 1.807) is 0 Å². The molecule has 7 nitrogen and oxygen atoms in total. The molecule has 1 heterocycles. The number of ether oxygens (including phenoxy) is 5. The lowest BCUT2D eigenvalue weighted by Gasteiger charge is -2.50. The molecule has 0 unspecified atom stereocenters. The summed E-state index contributed by atoms with van der Waals surface area (Å²) in [5.41, 5.74) is 10.1. The summed E-state index contributed by atoms with van der Waals surface area (Å²) in [7, 11) is 0. The summed E-state index contributed by atoms with van der Waals surface area (Å²) in [6.07, 6.45) is -2.96. The zero-order valence-electron chi connectivity index (χ0n) is 23.7. The molecule has 0 radical (unpaired) electrons. The lowest BCUT2D eigenvalue weighted by Crippen LogP contribution is -2.69.